The molecule has 0 aliphatic carbocycles. The van der Waals surface area contributed by atoms with Crippen LogP contribution in [0.5, 0.6) is 11.5 Å². The summed E-state index contributed by atoms with van der Waals surface area (Å²) in [6.45, 7) is 0.282. The standard InChI is InChI=1S/C22H22N2O4S/c25-21(11-6-18-12-13-29-16-18)23-24-22(26)15-28-20-9-7-19(8-10-20)27-14-17-4-2-1-3-5-17/h1-5,7-10,12-13,16H,6,11,14-15H2,(H,23,25)(H,24,26). The van der Waals surface area contributed by atoms with Gasteiger partial charge in [0, 0.05) is 6.42 Å². The molecule has 150 valence electrons. The molecule has 0 unspecified atom stereocenters. The van der Waals surface area contributed by atoms with E-state index < -0.39 is 5.91 Å². The average molecular weight is 410 g/mol. The molecule has 1 aromatic heterocycles. The second kappa shape index (κ2) is 10.9. The van der Waals surface area contributed by atoms with Crippen molar-refractivity contribution >= 4 is 23.2 Å². The monoisotopic (exact) mass is 410 g/mol. The third kappa shape index (κ3) is 7.31. The Morgan fingerprint density at radius 2 is 1.48 bits per heavy atom. The highest BCUT2D eigenvalue weighted by atomic mass is 32.1. The van der Waals surface area contributed by atoms with E-state index >= 15 is 0 Å². The van der Waals surface area contributed by atoms with Crippen LogP contribution in [0.1, 0.15) is 17.5 Å². The maximum Gasteiger partial charge on any atom is 0.276 e. The number of ether oxygens (including phenoxy) is 2. The minimum absolute atomic E-state index is 0.199. The van der Waals surface area contributed by atoms with Crippen LogP contribution in [-0.2, 0) is 22.6 Å². The van der Waals surface area contributed by atoms with Crippen LogP contribution in [0.15, 0.2) is 71.4 Å². The summed E-state index contributed by atoms with van der Waals surface area (Å²) >= 11 is 1.59. The van der Waals surface area contributed by atoms with Crippen molar-refractivity contribution in [1.82, 2.24) is 10.9 Å². The maximum absolute atomic E-state index is 11.8. The molecule has 0 fully saturated rings. The highest BCUT2D eigenvalue weighted by Gasteiger charge is 2.07. The zero-order chi connectivity index (χ0) is 20.3. The average Bonchev–Trinajstić information content (AvgIpc) is 3.28. The smallest absolute Gasteiger partial charge is 0.276 e. The second-order valence-corrected chi connectivity index (χ2v) is 7.04. The van der Waals surface area contributed by atoms with Gasteiger partial charge in [-0.25, -0.2) is 0 Å². The highest BCUT2D eigenvalue weighted by molar-refractivity contribution is 7.07. The Hall–Kier alpha value is -3.32. The Kier molecular flexibility index (Phi) is 7.65. The van der Waals surface area contributed by atoms with Gasteiger partial charge >= 0.3 is 0 Å². The third-order valence-electron chi connectivity index (χ3n) is 4.00. The van der Waals surface area contributed by atoms with E-state index in [1.54, 1.807) is 35.6 Å². The number of amides is 2. The summed E-state index contributed by atoms with van der Waals surface area (Å²) in [5, 5.41) is 3.96. The summed E-state index contributed by atoms with van der Waals surface area (Å²) in [6, 6.07) is 18.9. The molecule has 2 amide bonds. The summed E-state index contributed by atoms with van der Waals surface area (Å²) in [6.07, 6.45) is 0.947. The number of rotatable bonds is 9. The lowest BCUT2D eigenvalue weighted by molar-refractivity contribution is -0.130. The minimum atomic E-state index is -0.432. The number of hydrogen-bond acceptors (Lipinski definition) is 5. The number of aryl methyl sites for hydroxylation is 1. The normalized spacial score (nSPS) is 10.2. The van der Waals surface area contributed by atoms with Crippen molar-refractivity contribution in [2.75, 3.05) is 6.61 Å². The predicted octanol–water partition coefficient (Wildman–Crippen LogP) is 3.49. The molecular formula is C22H22N2O4S. The number of nitrogens with one attached hydrogen (secondary N) is 2. The topological polar surface area (TPSA) is 76.7 Å². The SMILES string of the molecule is O=C(CCc1ccsc1)NNC(=O)COc1ccc(OCc2ccccc2)cc1. The molecule has 29 heavy (non-hydrogen) atoms. The van der Waals surface area contributed by atoms with E-state index in [4.69, 9.17) is 9.47 Å². The molecule has 0 aliphatic rings. The van der Waals surface area contributed by atoms with Crippen LogP contribution >= 0.6 is 11.3 Å². The van der Waals surface area contributed by atoms with Crippen LogP contribution < -0.4 is 20.3 Å². The summed E-state index contributed by atoms with van der Waals surface area (Å²) < 4.78 is 11.1. The first-order valence-electron chi connectivity index (χ1n) is 9.17. The summed E-state index contributed by atoms with van der Waals surface area (Å²) in [5.41, 5.74) is 6.93. The molecule has 2 N–H and O–H groups in total. The Bertz CT molecular complexity index is 896. The van der Waals surface area contributed by atoms with Crippen LogP contribution in [0.4, 0.5) is 0 Å². The molecule has 0 spiro atoms. The van der Waals surface area contributed by atoms with Gasteiger partial charge in [0.1, 0.15) is 18.1 Å². The van der Waals surface area contributed by atoms with Crippen molar-refractivity contribution in [3.8, 4) is 11.5 Å². The maximum atomic E-state index is 11.8. The molecule has 0 aliphatic heterocycles. The summed E-state index contributed by atoms with van der Waals surface area (Å²) in [4.78, 5) is 23.5. The highest BCUT2D eigenvalue weighted by Crippen LogP contribution is 2.18. The van der Waals surface area contributed by atoms with Gasteiger partial charge in [0.25, 0.3) is 5.91 Å². The van der Waals surface area contributed by atoms with Crippen LogP contribution in [0.3, 0.4) is 0 Å². The Morgan fingerprint density at radius 1 is 0.793 bits per heavy atom. The van der Waals surface area contributed by atoms with E-state index in [0.717, 1.165) is 11.1 Å². The van der Waals surface area contributed by atoms with Gasteiger partial charge < -0.3 is 9.47 Å². The van der Waals surface area contributed by atoms with Crippen LogP contribution in [0, 0.1) is 0 Å². The lowest BCUT2D eigenvalue weighted by Gasteiger charge is -2.10. The number of carbonyl (C=O) groups excluding carboxylic acids is 2. The Balaban J connectivity index is 1.32. The van der Waals surface area contributed by atoms with Gasteiger partial charge in [0.2, 0.25) is 5.91 Å². The molecule has 0 saturated heterocycles. The molecule has 1 heterocycles. The van der Waals surface area contributed by atoms with Gasteiger partial charge in [0.05, 0.1) is 0 Å². The van der Waals surface area contributed by atoms with Gasteiger partial charge in [-0.1, -0.05) is 30.3 Å². The molecule has 3 aromatic rings. The molecule has 0 bridgehead atoms. The fourth-order valence-corrected chi connectivity index (χ4v) is 3.16. The van der Waals surface area contributed by atoms with E-state index in [-0.39, 0.29) is 12.5 Å². The number of benzene rings is 2. The number of thiophene rings is 1. The van der Waals surface area contributed by atoms with E-state index in [1.807, 2.05) is 47.2 Å². The van der Waals surface area contributed by atoms with E-state index in [2.05, 4.69) is 10.9 Å². The van der Waals surface area contributed by atoms with Gasteiger partial charge in [-0.3, -0.25) is 20.4 Å². The number of carbonyl (C=O) groups is 2. The van der Waals surface area contributed by atoms with E-state index in [1.165, 1.54) is 0 Å². The lowest BCUT2D eigenvalue weighted by atomic mass is 10.2. The zero-order valence-corrected chi connectivity index (χ0v) is 16.6. The van der Waals surface area contributed by atoms with Crippen molar-refractivity contribution in [2.24, 2.45) is 0 Å². The molecule has 0 atom stereocenters. The third-order valence-corrected chi connectivity index (χ3v) is 4.74. The van der Waals surface area contributed by atoms with Crippen molar-refractivity contribution in [2.45, 2.75) is 19.4 Å². The predicted molar refractivity (Wildman–Crippen MR) is 112 cm³/mol. The number of hydrogen-bond donors (Lipinski definition) is 2. The van der Waals surface area contributed by atoms with Crippen LogP contribution in [0.25, 0.3) is 0 Å². The van der Waals surface area contributed by atoms with E-state index in [9.17, 15) is 9.59 Å². The lowest BCUT2D eigenvalue weighted by Crippen LogP contribution is -2.43. The molecule has 7 heteroatoms. The minimum Gasteiger partial charge on any atom is -0.489 e. The fourth-order valence-electron chi connectivity index (χ4n) is 2.45. The quantitative estimate of drug-likeness (QED) is 0.530. The summed E-state index contributed by atoms with van der Waals surface area (Å²) in [5.74, 6) is 0.572. The zero-order valence-electron chi connectivity index (χ0n) is 15.8. The molecule has 2 aromatic carbocycles. The molecule has 0 saturated carbocycles. The molecule has 6 nitrogen and oxygen atoms in total. The van der Waals surface area contributed by atoms with Crippen molar-refractivity contribution < 1.29 is 19.1 Å². The first kappa shape index (κ1) is 20.4. The van der Waals surface area contributed by atoms with Gasteiger partial charge in [-0.05, 0) is 58.6 Å². The first-order chi connectivity index (χ1) is 14.2. The fraction of sp³-hybridized carbons (Fsp3) is 0.182. The van der Waals surface area contributed by atoms with Crippen molar-refractivity contribution in [1.29, 1.82) is 0 Å². The summed E-state index contributed by atoms with van der Waals surface area (Å²) in [7, 11) is 0. The largest absolute Gasteiger partial charge is 0.489 e. The Morgan fingerprint density at radius 3 is 2.17 bits per heavy atom. The number of hydrazine groups is 1. The van der Waals surface area contributed by atoms with Gasteiger partial charge in [0.15, 0.2) is 6.61 Å². The van der Waals surface area contributed by atoms with Crippen LogP contribution in [0.2, 0.25) is 0 Å². The van der Waals surface area contributed by atoms with Crippen molar-refractivity contribution in [3.05, 3.63) is 82.6 Å². The molecule has 3 rings (SSSR count). The first-order valence-corrected chi connectivity index (χ1v) is 10.1. The molecule has 0 radical (unpaired) electrons. The molecular weight excluding hydrogens is 388 g/mol. The van der Waals surface area contributed by atoms with E-state index in [0.29, 0.717) is 30.9 Å². The second-order valence-electron chi connectivity index (χ2n) is 6.26. The van der Waals surface area contributed by atoms with Gasteiger partial charge in [-0.15, -0.1) is 0 Å². The van der Waals surface area contributed by atoms with Crippen molar-refractivity contribution in [3.63, 3.8) is 0 Å². The van der Waals surface area contributed by atoms with Gasteiger partial charge in [-0.2, -0.15) is 11.3 Å². The Labute approximate surface area is 173 Å². The van der Waals surface area contributed by atoms with Crippen LogP contribution in [-0.4, -0.2) is 18.4 Å².